The average molecular weight is 552 g/mol. The minimum atomic E-state index is -4.86. The summed E-state index contributed by atoms with van der Waals surface area (Å²) >= 11 is 0. The molecular formula is C23H17F5N6O3S. The maximum Gasteiger partial charge on any atom is 0.407 e. The van der Waals surface area contributed by atoms with E-state index in [9.17, 15) is 35.6 Å². The number of hydrogen-bond acceptors (Lipinski definition) is 7. The highest BCUT2D eigenvalue weighted by molar-refractivity contribution is 7.89. The van der Waals surface area contributed by atoms with Crippen molar-refractivity contribution in [1.82, 2.24) is 24.2 Å². The molecule has 0 radical (unpaired) electrons. The van der Waals surface area contributed by atoms with Crippen LogP contribution in [0.1, 0.15) is 19.4 Å². The summed E-state index contributed by atoms with van der Waals surface area (Å²) in [5.74, 6) is -0.165. The van der Waals surface area contributed by atoms with Crippen LogP contribution in [0.15, 0.2) is 59.9 Å². The molecule has 198 valence electrons. The second-order valence-corrected chi connectivity index (χ2v) is 10.1. The van der Waals surface area contributed by atoms with Crippen LogP contribution in [0.4, 0.5) is 22.0 Å². The van der Waals surface area contributed by atoms with Gasteiger partial charge in [-0.2, -0.15) is 31.9 Å². The molecule has 0 unspecified atom stereocenters. The first-order valence-corrected chi connectivity index (χ1v) is 12.1. The molecule has 0 spiro atoms. The molecule has 0 aliphatic heterocycles. The van der Waals surface area contributed by atoms with Crippen molar-refractivity contribution in [2.24, 2.45) is 0 Å². The topological polar surface area (TPSA) is 123 Å². The van der Waals surface area contributed by atoms with Gasteiger partial charge in [-0.25, -0.2) is 18.4 Å². The van der Waals surface area contributed by atoms with Gasteiger partial charge in [0.1, 0.15) is 22.3 Å². The highest BCUT2D eigenvalue weighted by Crippen LogP contribution is 2.37. The number of nitrogens with zero attached hydrogens (tertiary/aromatic N) is 5. The van der Waals surface area contributed by atoms with Gasteiger partial charge in [0.15, 0.2) is 0 Å². The van der Waals surface area contributed by atoms with Gasteiger partial charge in [0.2, 0.25) is 16.0 Å². The number of alkyl halides is 5. The Morgan fingerprint density at radius 2 is 1.76 bits per heavy atom. The summed E-state index contributed by atoms with van der Waals surface area (Å²) in [7, 11) is -4.64. The Hall–Kier alpha value is -4.16. The van der Waals surface area contributed by atoms with Crippen LogP contribution < -0.4 is 9.46 Å². The average Bonchev–Trinajstić information content (AvgIpc) is 3.16. The van der Waals surface area contributed by atoms with Gasteiger partial charge in [-0.1, -0.05) is 0 Å². The Morgan fingerprint density at radius 3 is 2.32 bits per heavy atom. The molecule has 0 bridgehead atoms. The number of rotatable bonds is 7. The zero-order valence-corrected chi connectivity index (χ0v) is 20.3. The summed E-state index contributed by atoms with van der Waals surface area (Å²) in [6.45, 7) is -1.75. The first-order chi connectivity index (χ1) is 17.7. The fourth-order valence-corrected chi connectivity index (χ4v) is 4.89. The lowest BCUT2D eigenvalue weighted by atomic mass is 10.1. The van der Waals surface area contributed by atoms with E-state index in [1.54, 1.807) is 4.72 Å². The van der Waals surface area contributed by atoms with E-state index >= 15 is 0 Å². The van der Waals surface area contributed by atoms with Crippen LogP contribution in [0, 0.1) is 11.3 Å². The normalized spacial score (nSPS) is 12.6. The number of nitrogens with one attached hydrogen (secondary N) is 1. The maximum absolute atomic E-state index is 13.2. The van der Waals surface area contributed by atoms with Crippen LogP contribution in [0.5, 0.6) is 5.75 Å². The summed E-state index contributed by atoms with van der Waals surface area (Å²) < 4.78 is 98.0. The monoisotopic (exact) mass is 552 g/mol. The standard InChI is InChI=1S/C23H17F5N6O3S/c1-22(2,23(26,27)28)33-38(35,36)14-5-7-17(32-12-14)19-16(11-29)15-6-4-13(37-20(24)25)10-18(15)34(19)21-30-8-3-9-31-21/h3-10,12,20,33H,1-2H3. The predicted molar refractivity (Wildman–Crippen MR) is 124 cm³/mol. The SMILES string of the molecule is CC(C)(NS(=O)(=O)c1ccc(-c2c(C#N)c3ccc(OC(F)F)cc3n2-c2ncccn2)nc1)C(F)(F)F. The summed E-state index contributed by atoms with van der Waals surface area (Å²) in [5, 5.41) is 10.3. The zero-order chi connectivity index (χ0) is 27.9. The number of sulfonamides is 1. The molecule has 15 heteroatoms. The number of halogens is 5. The number of nitriles is 1. The van der Waals surface area contributed by atoms with Gasteiger partial charge >= 0.3 is 12.8 Å². The van der Waals surface area contributed by atoms with Crippen LogP contribution in [-0.4, -0.2) is 46.3 Å². The van der Waals surface area contributed by atoms with Gasteiger partial charge in [0.05, 0.1) is 22.5 Å². The van der Waals surface area contributed by atoms with Crippen molar-refractivity contribution in [2.45, 2.75) is 37.1 Å². The Kier molecular flexibility index (Phi) is 6.80. The largest absolute Gasteiger partial charge is 0.435 e. The fraction of sp³-hybridized carbons (Fsp3) is 0.217. The second-order valence-electron chi connectivity index (χ2n) is 8.38. The molecule has 4 aromatic rings. The van der Waals surface area contributed by atoms with Crippen molar-refractivity contribution in [3.63, 3.8) is 0 Å². The van der Waals surface area contributed by atoms with Crippen molar-refractivity contribution in [3.05, 3.63) is 60.6 Å². The van der Waals surface area contributed by atoms with Gasteiger partial charge in [0.25, 0.3) is 0 Å². The maximum atomic E-state index is 13.2. The van der Waals surface area contributed by atoms with Crippen molar-refractivity contribution in [1.29, 1.82) is 5.26 Å². The Labute approximate surface area is 212 Å². The molecule has 1 N–H and O–H groups in total. The van der Waals surface area contributed by atoms with Crippen molar-refractivity contribution in [3.8, 4) is 29.2 Å². The molecule has 0 fully saturated rings. The van der Waals surface area contributed by atoms with E-state index in [-0.39, 0.29) is 34.2 Å². The first-order valence-electron chi connectivity index (χ1n) is 10.6. The van der Waals surface area contributed by atoms with Gasteiger partial charge in [-0.15, -0.1) is 0 Å². The number of pyridine rings is 1. The number of ether oxygens (including phenoxy) is 1. The Bertz CT molecular complexity index is 1630. The van der Waals surface area contributed by atoms with Crippen LogP contribution in [0.3, 0.4) is 0 Å². The molecule has 3 heterocycles. The lowest BCUT2D eigenvalue weighted by molar-refractivity contribution is -0.180. The van der Waals surface area contributed by atoms with E-state index < -0.39 is 33.2 Å². The zero-order valence-electron chi connectivity index (χ0n) is 19.5. The summed E-state index contributed by atoms with van der Waals surface area (Å²) in [5.41, 5.74) is -2.37. The van der Waals surface area contributed by atoms with Gasteiger partial charge in [-0.05, 0) is 44.2 Å². The molecule has 3 aromatic heterocycles. The third-order valence-corrected chi connectivity index (χ3v) is 7.06. The molecule has 0 aliphatic rings. The van der Waals surface area contributed by atoms with Crippen molar-refractivity contribution in [2.75, 3.05) is 0 Å². The van der Waals surface area contributed by atoms with Crippen LogP contribution >= 0.6 is 0 Å². The highest BCUT2D eigenvalue weighted by atomic mass is 32.2. The number of aromatic nitrogens is 4. The molecular weight excluding hydrogens is 535 g/mol. The van der Waals surface area contributed by atoms with E-state index in [0.717, 1.165) is 12.3 Å². The van der Waals surface area contributed by atoms with Crippen LogP contribution in [0.2, 0.25) is 0 Å². The van der Waals surface area contributed by atoms with Crippen LogP contribution in [-0.2, 0) is 10.0 Å². The third kappa shape index (κ3) is 5.00. The van der Waals surface area contributed by atoms with Gasteiger partial charge in [0, 0.05) is 30.0 Å². The fourth-order valence-electron chi connectivity index (χ4n) is 3.55. The molecule has 0 atom stereocenters. The van der Waals surface area contributed by atoms with E-state index in [1.165, 1.54) is 47.3 Å². The summed E-state index contributed by atoms with van der Waals surface area (Å²) in [4.78, 5) is 11.9. The summed E-state index contributed by atoms with van der Waals surface area (Å²) in [6.07, 6.45) is -1.22. The van der Waals surface area contributed by atoms with Crippen molar-refractivity contribution >= 4 is 20.9 Å². The minimum Gasteiger partial charge on any atom is -0.435 e. The van der Waals surface area contributed by atoms with E-state index in [4.69, 9.17) is 0 Å². The minimum absolute atomic E-state index is 0.0373. The van der Waals surface area contributed by atoms with Crippen LogP contribution in [0.25, 0.3) is 28.2 Å². The number of fused-ring (bicyclic) bond motifs is 1. The number of benzene rings is 1. The van der Waals surface area contributed by atoms with E-state index in [2.05, 4.69) is 19.7 Å². The predicted octanol–water partition coefficient (Wildman–Crippen LogP) is 4.57. The molecule has 4 rings (SSSR count). The Balaban J connectivity index is 1.88. The molecule has 9 nitrogen and oxygen atoms in total. The molecule has 0 saturated heterocycles. The van der Waals surface area contributed by atoms with Gasteiger partial charge in [-0.3, -0.25) is 9.55 Å². The Morgan fingerprint density at radius 1 is 1.08 bits per heavy atom. The molecule has 0 amide bonds. The van der Waals surface area contributed by atoms with E-state index in [0.29, 0.717) is 19.2 Å². The third-order valence-electron chi connectivity index (χ3n) is 5.42. The first kappa shape index (κ1) is 26.9. The molecule has 0 aliphatic carbocycles. The van der Waals surface area contributed by atoms with Gasteiger partial charge < -0.3 is 4.74 Å². The smallest absolute Gasteiger partial charge is 0.407 e. The quantitative estimate of drug-likeness (QED) is 0.333. The molecule has 1 aromatic carbocycles. The molecule has 38 heavy (non-hydrogen) atoms. The summed E-state index contributed by atoms with van der Waals surface area (Å²) in [6, 6.07) is 9.65. The van der Waals surface area contributed by atoms with Crippen molar-refractivity contribution < 1.29 is 35.1 Å². The van der Waals surface area contributed by atoms with E-state index in [1.807, 2.05) is 6.07 Å². The second kappa shape index (κ2) is 9.62. The lowest BCUT2D eigenvalue weighted by Crippen LogP contribution is -2.54. The molecule has 0 saturated carbocycles. The number of hydrogen-bond donors (Lipinski definition) is 1. The highest BCUT2D eigenvalue weighted by Gasteiger charge is 2.49. The lowest BCUT2D eigenvalue weighted by Gasteiger charge is -2.28.